The van der Waals surface area contributed by atoms with Gasteiger partial charge in [0, 0.05) is 22.4 Å². The predicted octanol–water partition coefficient (Wildman–Crippen LogP) is 5.29. The van der Waals surface area contributed by atoms with Crippen LogP contribution in [0.25, 0.3) is 0 Å². The third kappa shape index (κ3) is 5.18. The molecule has 0 saturated heterocycles. The number of nitrogens with zero attached hydrogens (tertiary/aromatic N) is 4. The summed E-state index contributed by atoms with van der Waals surface area (Å²) < 4.78 is 3.60. The molecule has 2 aromatic carbocycles. The molecule has 6 nitrogen and oxygen atoms in total. The first-order chi connectivity index (χ1) is 14.6. The highest BCUT2D eigenvalue weighted by atomic mass is 35.5. The van der Waals surface area contributed by atoms with Crippen molar-refractivity contribution in [3.8, 4) is 0 Å². The lowest BCUT2D eigenvalue weighted by Gasteiger charge is -2.07. The maximum Gasteiger partial charge on any atom is 0.175 e. The van der Waals surface area contributed by atoms with E-state index < -0.39 is 0 Å². The van der Waals surface area contributed by atoms with Crippen molar-refractivity contribution in [2.45, 2.75) is 13.1 Å². The molecule has 0 spiro atoms. The van der Waals surface area contributed by atoms with Gasteiger partial charge in [0.05, 0.1) is 36.9 Å². The molecule has 0 amide bonds. The molecule has 0 unspecified atom stereocenters. The summed E-state index contributed by atoms with van der Waals surface area (Å²) in [5.41, 5.74) is 3.56. The van der Waals surface area contributed by atoms with Crippen molar-refractivity contribution in [2.75, 3.05) is 10.6 Å². The molecular formula is C21H18Cl2N6S. The van der Waals surface area contributed by atoms with Crippen molar-refractivity contribution in [2.24, 2.45) is 0 Å². The highest BCUT2D eigenvalue weighted by Gasteiger charge is 2.07. The van der Waals surface area contributed by atoms with E-state index in [0.29, 0.717) is 28.2 Å². The van der Waals surface area contributed by atoms with Gasteiger partial charge in [-0.25, -0.2) is 0 Å². The van der Waals surface area contributed by atoms with Crippen molar-refractivity contribution in [3.63, 3.8) is 0 Å². The first-order valence-electron chi connectivity index (χ1n) is 9.16. The summed E-state index contributed by atoms with van der Waals surface area (Å²) in [5, 5.41) is 16.8. The first-order valence-corrected chi connectivity index (χ1v) is 10.3. The van der Waals surface area contributed by atoms with Crippen molar-refractivity contribution < 1.29 is 0 Å². The molecule has 2 aromatic heterocycles. The smallest absolute Gasteiger partial charge is 0.175 e. The fourth-order valence-electron chi connectivity index (χ4n) is 2.92. The monoisotopic (exact) mass is 456 g/mol. The molecule has 2 heterocycles. The maximum absolute atomic E-state index is 6.21. The van der Waals surface area contributed by atoms with Crippen molar-refractivity contribution in [1.82, 2.24) is 19.6 Å². The summed E-state index contributed by atoms with van der Waals surface area (Å²) in [6, 6.07) is 15.4. The van der Waals surface area contributed by atoms with Gasteiger partial charge in [-0.05, 0) is 35.5 Å². The summed E-state index contributed by atoms with van der Waals surface area (Å²) >= 11 is 17.8. The van der Waals surface area contributed by atoms with E-state index in [1.54, 1.807) is 21.8 Å². The SMILES string of the molecule is S=C(Nc1cnn(Cc2ccccc2Cl)c1)Nc1cnn(Cc2ccccc2Cl)c1. The average Bonchev–Trinajstić information content (AvgIpc) is 3.35. The topological polar surface area (TPSA) is 59.7 Å². The Hall–Kier alpha value is -2.87. The minimum Gasteiger partial charge on any atom is -0.330 e. The standard InChI is InChI=1S/C21H18Cl2N6S/c22-19-7-3-1-5-15(19)11-28-13-17(9-24-28)26-21(30)27-18-10-25-29(14-18)12-16-6-2-4-8-20(16)23/h1-10,13-14H,11-12H2,(H2,26,27,30). The maximum atomic E-state index is 6.21. The van der Waals surface area contributed by atoms with Crippen molar-refractivity contribution in [3.05, 3.63) is 94.5 Å². The van der Waals surface area contributed by atoms with E-state index in [1.807, 2.05) is 60.9 Å². The minimum atomic E-state index is 0.449. The van der Waals surface area contributed by atoms with Gasteiger partial charge in [-0.1, -0.05) is 59.6 Å². The van der Waals surface area contributed by atoms with Gasteiger partial charge in [0.2, 0.25) is 0 Å². The van der Waals surface area contributed by atoms with Gasteiger partial charge >= 0.3 is 0 Å². The lowest BCUT2D eigenvalue weighted by molar-refractivity contribution is 0.687. The van der Waals surface area contributed by atoms with Crippen LogP contribution in [0.2, 0.25) is 10.0 Å². The fourth-order valence-corrected chi connectivity index (χ4v) is 3.55. The van der Waals surface area contributed by atoms with Gasteiger partial charge in [0.25, 0.3) is 0 Å². The van der Waals surface area contributed by atoms with Gasteiger partial charge in [-0.3, -0.25) is 9.36 Å². The Morgan fingerprint density at radius 3 is 1.63 bits per heavy atom. The minimum absolute atomic E-state index is 0.449. The van der Waals surface area contributed by atoms with Gasteiger partial charge in [0.15, 0.2) is 5.11 Å². The average molecular weight is 457 g/mol. The first kappa shape index (κ1) is 20.4. The molecule has 9 heteroatoms. The summed E-state index contributed by atoms with van der Waals surface area (Å²) in [6.07, 6.45) is 7.17. The van der Waals surface area contributed by atoms with E-state index in [1.165, 1.54) is 0 Å². The zero-order valence-electron chi connectivity index (χ0n) is 15.8. The van der Waals surface area contributed by atoms with Gasteiger partial charge < -0.3 is 10.6 Å². The van der Waals surface area contributed by atoms with Crippen LogP contribution in [0.1, 0.15) is 11.1 Å². The van der Waals surface area contributed by atoms with Crippen LogP contribution in [0.3, 0.4) is 0 Å². The summed E-state index contributed by atoms with van der Waals surface area (Å²) in [6.45, 7) is 1.16. The molecule has 0 saturated carbocycles. The molecule has 4 rings (SSSR count). The van der Waals surface area contributed by atoms with Gasteiger partial charge in [-0.15, -0.1) is 0 Å². The third-order valence-corrected chi connectivity index (χ3v) is 5.30. The molecule has 2 N–H and O–H groups in total. The number of rotatable bonds is 6. The molecule has 0 bridgehead atoms. The van der Waals surface area contributed by atoms with Gasteiger partial charge in [0.1, 0.15) is 0 Å². The second kappa shape index (κ2) is 9.30. The van der Waals surface area contributed by atoms with Crippen LogP contribution in [-0.2, 0) is 13.1 Å². The molecular weight excluding hydrogens is 439 g/mol. The van der Waals surface area contributed by atoms with Crippen LogP contribution in [0.4, 0.5) is 11.4 Å². The largest absolute Gasteiger partial charge is 0.330 e. The van der Waals surface area contributed by atoms with E-state index in [2.05, 4.69) is 20.8 Å². The Kier molecular flexibility index (Phi) is 6.32. The molecule has 152 valence electrons. The number of hydrogen-bond acceptors (Lipinski definition) is 3. The summed E-state index contributed by atoms with van der Waals surface area (Å²) in [7, 11) is 0. The van der Waals surface area contributed by atoms with Crippen LogP contribution >= 0.6 is 35.4 Å². The Bertz CT molecular complexity index is 1080. The Morgan fingerprint density at radius 1 is 0.767 bits per heavy atom. The number of hydrogen-bond donors (Lipinski definition) is 2. The normalized spacial score (nSPS) is 10.7. The number of anilines is 2. The fraction of sp³-hybridized carbons (Fsp3) is 0.0952. The second-order valence-electron chi connectivity index (χ2n) is 6.62. The number of nitrogens with one attached hydrogen (secondary N) is 2. The number of aromatic nitrogens is 4. The lowest BCUT2D eigenvalue weighted by Crippen LogP contribution is -2.18. The zero-order chi connectivity index (χ0) is 20.9. The Morgan fingerprint density at radius 2 is 1.20 bits per heavy atom. The molecule has 0 aliphatic rings. The van der Waals surface area contributed by atoms with Crippen LogP contribution in [-0.4, -0.2) is 24.7 Å². The van der Waals surface area contributed by atoms with E-state index in [4.69, 9.17) is 35.4 Å². The van der Waals surface area contributed by atoms with Gasteiger partial charge in [-0.2, -0.15) is 10.2 Å². The van der Waals surface area contributed by atoms with Crippen LogP contribution in [0.15, 0.2) is 73.3 Å². The van der Waals surface area contributed by atoms with E-state index >= 15 is 0 Å². The molecule has 0 radical (unpaired) electrons. The molecule has 0 fully saturated rings. The third-order valence-electron chi connectivity index (χ3n) is 4.36. The number of halogens is 2. The highest BCUT2D eigenvalue weighted by molar-refractivity contribution is 7.80. The summed E-state index contributed by atoms with van der Waals surface area (Å²) in [4.78, 5) is 0. The van der Waals surface area contributed by atoms with E-state index in [-0.39, 0.29) is 0 Å². The lowest BCUT2D eigenvalue weighted by atomic mass is 10.2. The van der Waals surface area contributed by atoms with E-state index in [9.17, 15) is 0 Å². The molecule has 4 aromatic rings. The van der Waals surface area contributed by atoms with Crippen molar-refractivity contribution >= 4 is 51.9 Å². The highest BCUT2D eigenvalue weighted by Crippen LogP contribution is 2.18. The summed E-state index contributed by atoms with van der Waals surface area (Å²) in [5.74, 6) is 0. The number of benzene rings is 2. The zero-order valence-corrected chi connectivity index (χ0v) is 18.1. The molecule has 30 heavy (non-hydrogen) atoms. The number of thiocarbonyl (C=S) groups is 1. The Labute approximate surface area is 189 Å². The molecule has 0 aliphatic carbocycles. The molecule has 0 aliphatic heterocycles. The second-order valence-corrected chi connectivity index (χ2v) is 7.84. The van der Waals surface area contributed by atoms with Crippen LogP contribution in [0.5, 0.6) is 0 Å². The quantitative estimate of drug-likeness (QED) is 0.385. The Balaban J connectivity index is 1.33. The predicted molar refractivity (Wildman–Crippen MR) is 125 cm³/mol. The van der Waals surface area contributed by atoms with Crippen LogP contribution < -0.4 is 10.6 Å². The van der Waals surface area contributed by atoms with Crippen molar-refractivity contribution in [1.29, 1.82) is 0 Å². The van der Waals surface area contributed by atoms with Crippen LogP contribution in [0, 0.1) is 0 Å². The van der Waals surface area contributed by atoms with E-state index in [0.717, 1.165) is 22.5 Å². The molecule has 0 atom stereocenters.